The molecule has 0 fully saturated rings. The molecule has 2 heterocycles. The van der Waals surface area contributed by atoms with Crippen molar-refractivity contribution < 1.29 is 17.4 Å². The normalized spacial score (nSPS) is 12.1. The highest BCUT2D eigenvalue weighted by atomic mass is 32.3. The molecule has 3 rings (SSSR count). The molecule has 0 radical (unpaired) electrons. The minimum Gasteiger partial charge on any atom is -0.281 e. The summed E-state index contributed by atoms with van der Waals surface area (Å²) in [7, 11) is -4.19. The lowest BCUT2D eigenvalue weighted by Crippen LogP contribution is -1.93. The van der Waals surface area contributed by atoms with Crippen molar-refractivity contribution in [1.29, 1.82) is 0 Å². The molecule has 98 valence electrons. The molecule has 2 aromatic heterocycles. The van der Waals surface area contributed by atoms with Crippen LogP contribution in [0.25, 0.3) is 20.8 Å². The summed E-state index contributed by atoms with van der Waals surface area (Å²) in [5, 5.41) is 2.18. The number of benzene rings is 1. The first-order valence-corrected chi connectivity index (χ1v) is 8.19. The third-order valence-corrected chi connectivity index (χ3v) is 5.76. The fourth-order valence-corrected chi connectivity index (χ4v) is 4.16. The zero-order valence-electron chi connectivity index (χ0n) is 9.20. The SMILES string of the molecule is O=S(=O)(O)c1cc(-c2nc3ccc(F)cc3s2)cs1. The maximum atomic E-state index is 13.1. The number of nitrogens with zero attached hydrogens (tertiary/aromatic N) is 1. The van der Waals surface area contributed by atoms with Crippen molar-refractivity contribution in [2.24, 2.45) is 0 Å². The molecule has 0 atom stereocenters. The number of hydrogen-bond acceptors (Lipinski definition) is 5. The van der Waals surface area contributed by atoms with E-state index in [9.17, 15) is 12.8 Å². The van der Waals surface area contributed by atoms with Gasteiger partial charge in [-0.05, 0) is 24.3 Å². The van der Waals surface area contributed by atoms with E-state index >= 15 is 0 Å². The first-order valence-electron chi connectivity index (χ1n) is 5.06. The average Bonchev–Trinajstić information content (AvgIpc) is 2.92. The van der Waals surface area contributed by atoms with Gasteiger partial charge in [-0.2, -0.15) is 8.42 Å². The molecule has 3 aromatic rings. The van der Waals surface area contributed by atoms with Crippen molar-refractivity contribution in [2.75, 3.05) is 0 Å². The molecular formula is C11H6FNO3S3. The summed E-state index contributed by atoms with van der Waals surface area (Å²) in [5.41, 5.74) is 1.25. The molecule has 4 nitrogen and oxygen atoms in total. The van der Waals surface area contributed by atoms with E-state index in [1.807, 2.05) is 0 Å². The second-order valence-corrected chi connectivity index (χ2v) is 7.35. The van der Waals surface area contributed by atoms with Crippen molar-refractivity contribution in [3.8, 4) is 10.6 Å². The highest BCUT2D eigenvalue weighted by Gasteiger charge is 2.15. The number of halogens is 1. The minimum absolute atomic E-state index is 0.132. The third kappa shape index (κ3) is 2.39. The monoisotopic (exact) mass is 315 g/mol. The Morgan fingerprint density at radius 2 is 2.05 bits per heavy atom. The van der Waals surface area contributed by atoms with E-state index in [1.54, 1.807) is 11.4 Å². The van der Waals surface area contributed by atoms with Crippen molar-refractivity contribution in [3.63, 3.8) is 0 Å². The Morgan fingerprint density at radius 1 is 1.26 bits per heavy atom. The topological polar surface area (TPSA) is 67.3 Å². The fourth-order valence-electron chi connectivity index (χ4n) is 1.59. The summed E-state index contributed by atoms with van der Waals surface area (Å²) in [5.74, 6) is -0.341. The van der Waals surface area contributed by atoms with Crippen LogP contribution in [0.1, 0.15) is 0 Å². The van der Waals surface area contributed by atoms with Gasteiger partial charge in [0, 0.05) is 10.9 Å². The van der Waals surface area contributed by atoms with Gasteiger partial charge >= 0.3 is 10.1 Å². The molecule has 0 saturated carbocycles. The fraction of sp³-hybridized carbons (Fsp3) is 0. The summed E-state index contributed by atoms with van der Waals surface area (Å²) in [6.07, 6.45) is 0. The molecule has 0 spiro atoms. The molecule has 8 heteroatoms. The van der Waals surface area contributed by atoms with Gasteiger partial charge in [-0.25, -0.2) is 9.37 Å². The quantitative estimate of drug-likeness (QED) is 0.736. The molecule has 1 aromatic carbocycles. The Balaban J connectivity index is 2.11. The van der Waals surface area contributed by atoms with Gasteiger partial charge in [0.1, 0.15) is 15.0 Å². The molecule has 19 heavy (non-hydrogen) atoms. The van der Waals surface area contributed by atoms with Crippen molar-refractivity contribution in [1.82, 2.24) is 4.98 Å². The Labute approximate surface area is 115 Å². The number of fused-ring (bicyclic) bond motifs is 1. The largest absolute Gasteiger partial charge is 0.304 e. The van der Waals surface area contributed by atoms with Crippen LogP contribution in [0.4, 0.5) is 4.39 Å². The van der Waals surface area contributed by atoms with Crippen LogP contribution in [0, 0.1) is 5.82 Å². The standard InChI is InChI=1S/C11H6FNO3S3/c12-7-1-2-8-9(4-7)18-11(13-8)6-3-10(17-5-6)19(14,15)16/h1-5H,(H,14,15,16). The van der Waals surface area contributed by atoms with Gasteiger partial charge in [0.05, 0.1) is 10.2 Å². The maximum Gasteiger partial charge on any atom is 0.304 e. The molecule has 0 unspecified atom stereocenters. The summed E-state index contributed by atoms with van der Waals surface area (Å²) in [4.78, 5) is 4.30. The van der Waals surface area contributed by atoms with Gasteiger partial charge in [0.15, 0.2) is 0 Å². The number of rotatable bonds is 2. The van der Waals surface area contributed by atoms with E-state index in [2.05, 4.69) is 4.98 Å². The molecular weight excluding hydrogens is 309 g/mol. The third-order valence-electron chi connectivity index (χ3n) is 2.43. The van der Waals surface area contributed by atoms with Crippen LogP contribution in [0.3, 0.4) is 0 Å². The molecule has 0 bridgehead atoms. The average molecular weight is 315 g/mol. The van der Waals surface area contributed by atoms with Crippen LogP contribution in [0.15, 0.2) is 33.9 Å². The van der Waals surface area contributed by atoms with Gasteiger partial charge in [0.25, 0.3) is 0 Å². The summed E-state index contributed by atoms with van der Waals surface area (Å²) in [6.45, 7) is 0. The predicted molar refractivity (Wildman–Crippen MR) is 72.7 cm³/mol. The van der Waals surface area contributed by atoms with E-state index in [0.29, 0.717) is 20.8 Å². The summed E-state index contributed by atoms with van der Waals surface area (Å²) >= 11 is 2.19. The van der Waals surface area contributed by atoms with Crippen LogP contribution in [0.2, 0.25) is 0 Å². The highest BCUT2D eigenvalue weighted by molar-refractivity contribution is 7.88. The highest BCUT2D eigenvalue weighted by Crippen LogP contribution is 2.34. The summed E-state index contributed by atoms with van der Waals surface area (Å²) < 4.78 is 44.6. The molecule has 0 aliphatic carbocycles. The Bertz CT molecular complexity index is 866. The van der Waals surface area contributed by atoms with Crippen molar-refractivity contribution >= 4 is 43.0 Å². The zero-order valence-corrected chi connectivity index (χ0v) is 11.6. The maximum absolute atomic E-state index is 13.1. The van der Waals surface area contributed by atoms with E-state index in [4.69, 9.17) is 4.55 Å². The van der Waals surface area contributed by atoms with E-state index in [0.717, 1.165) is 11.3 Å². The first kappa shape index (κ1) is 12.7. The van der Waals surface area contributed by atoms with E-state index in [-0.39, 0.29) is 10.0 Å². The van der Waals surface area contributed by atoms with Crippen LogP contribution in [-0.2, 0) is 10.1 Å². The van der Waals surface area contributed by atoms with E-state index < -0.39 is 10.1 Å². The lowest BCUT2D eigenvalue weighted by Gasteiger charge is -1.88. The minimum atomic E-state index is -4.19. The Kier molecular flexibility index (Phi) is 2.90. The van der Waals surface area contributed by atoms with Gasteiger partial charge in [-0.15, -0.1) is 22.7 Å². The predicted octanol–water partition coefficient (Wildman–Crippen LogP) is 3.41. The lowest BCUT2D eigenvalue weighted by molar-refractivity contribution is 0.485. The van der Waals surface area contributed by atoms with Crippen molar-refractivity contribution in [2.45, 2.75) is 4.21 Å². The van der Waals surface area contributed by atoms with Gasteiger partial charge in [-0.1, -0.05) is 0 Å². The van der Waals surface area contributed by atoms with Crippen LogP contribution < -0.4 is 0 Å². The van der Waals surface area contributed by atoms with Crippen molar-refractivity contribution in [3.05, 3.63) is 35.5 Å². The number of aromatic nitrogens is 1. The molecule has 0 saturated heterocycles. The Morgan fingerprint density at radius 3 is 2.74 bits per heavy atom. The summed E-state index contributed by atoms with van der Waals surface area (Å²) in [6, 6.07) is 5.63. The van der Waals surface area contributed by atoms with Gasteiger partial charge < -0.3 is 0 Å². The second kappa shape index (κ2) is 4.34. The molecule has 0 aliphatic rings. The smallest absolute Gasteiger partial charge is 0.281 e. The first-order chi connectivity index (χ1) is 8.93. The number of thiophene rings is 1. The van der Waals surface area contributed by atoms with Gasteiger partial charge in [-0.3, -0.25) is 4.55 Å². The van der Waals surface area contributed by atoms with E-state index in [1.165, 1.54) is 29.5 Å². The zero-order chi connectivity index (χ0) is 13.6. The molecule has 0 amide bonds. The van der Waals surface area contributed by atoms with Gasteiger partial charge in [0.2, 0.25) is 0 Å². The Hall–Kier alpha value is -1.35. The van der Waals surface area contributed by atoms with Crippen LogP contribution in [-0.4, -0.2) is 18.0 Å². The number of hydrogen-bond donors (Lipinski definition) is 1. The van der Waals surface area contributed by atoms with Crippen LogP contribution >= 0.6 is 22.7 Å². The molecule has 0 aliphatic heterocycles. The number of thiazole rings is 1. The molecule has 1 N–H and O–H groups in total. The lowest BCUT2D eigenvalue weighted by atomic mass is 10.3. The second-order valence-electron chi connectivity index (χ2n) is 3.76. The van der Waals surface area contributed by atoms with Crippen LogP contribution in [0.5, 0.6) is 0 Å².